The highest BCUT2D eigenvalue weighted by Crippen LogP contribution is 2.37. The Morgan fingerprint density at radius 2 is 1.39 bits per heavy atom. The van der Waals surface area contributed by atoms with Crippen LogP contribution in [-0.4, -0.2) is 24.7 Å². The van der Waals surface area contributed by atoms with Crippen molar-refractivity contribution in [1.29, 1.82) is 5.26 Å². The van der Waals surface area contributed by atoms with Crippen LogP contribution in [0.2, 0.25) is 0 Å². The number of nitriles is 1. The Labute approximate surface area is 275 Å². The van der Waals surface area contributed by atoms with E-state index in [9.17, 15) is 5.26 Å². The van der Waals surface area contributed by atoms with Gasteiger partial charge in [-0.1, -0.05) is 32.1 Å². The quantitative estimate of drug-likeness (QED) is 0.0583. The molecule has 2 aromatic heterocycles. The zero-order valence-electron chi connectivity index (χ0n) is 27.2. The first-order chi connectivity index (χ1) is 22.8. The van der Waals surface area contributed by atoms with Gasteiger partial charge in [-0.05, 0) is 127 Å². The fourth-order valence-corrected chi connectivity index (χ4v) is 6.98. The molecule has 4 heterocycles. The molecule has 0 aliphatic carbocycles. The van der Waals surface area contributed by atoms with Crippen molar-refractivity contribution in [3.05, 3.63) is 108 Å². The van der Waals surface area contributed by atoms with Gasteiger partial charge in [0, 0.05) is 49.7 Å². The molecule has 6 rings (SSSR count). The number of hydrogen-bond acceptors (Lipinski definition) is 4. The number of unbranched alkanes of at least 4 members (excludes halogenated alkanes) is 7. The lowest BCUT2D eigenvalue weighted by atomic mass is 9.89. The molecule has 0 unspecified atom stereocenters. The molecule has 0 amide bonds. The summed E-state index contributed by atoms with van der Waals surface area (Å²) in [7, 11) is 0. The van der Waals surface area contributed by atoms with E-state index in [-0.39, 0.29) is 0 Å². The summed E-state index contributed by atoms with van der Waals surface area (Å²) in [5.74, 6) is 0.879. The number of benzene rings is 2. The molecule has 0 bridgehead atoms. The second kappa shape index (κ2) is 16.2. The summed E-state index contributed by atoms with van der Waals surface area (Å²) < 4.78 is 8.31. The monoisotopic (exact) mass is 611 g/mol. The van der Waals surface area contributed by atoms with Crippen molar-refractivity contribution in [2.75, 3.05) is 24.6 Å². The SMILES string of the molecule is N#C/C(=C\c1cc2c3c(c1)CCCN3CCC2)c1ccc(OCCCCCCCCCC[n+]2ccc(-c3ccncc3)cc2)cc1. The van der Waals surface area contributed by atoms with Crippen LogP contribution in [0.25, 0.3) is 22.8 Å². The zero-order chi connectivity index (χ0) is 31.4. The minimum Gasteiger partial charge on any atom is -0.494 e. The van der Waals surface area contributed by atoms with Crippen LogP contribution < -0.4 is 14.2 Å². The van der Waals surface area contributed by atoms with Crippen molar-refractivity contribution >= 4 is 17.3 Å². The van der Waals surface area contributed by atoms with Crippen molar-refractivity contribution in [2.45, 2.75) is 83.6 Å². The van der Waals surface area contributed by atoms with E-state index in [0.717, 1.165) is 49.3 Å². The lowest BCUT2D eigenvalue weighted by Gasteiger charge is -2.37. The van der Waals surface area contributed by atoms with E-state index in [1.54, 1.807) is 0 Å². The van der Waals surface area contributed by atoms with Crippen LogP contribution >= 0.6 is 0 Å². The Hall–Kier alpha value is -4.43. The van der Waals surface area contributed by atoms with E-state index >= 15 is 0 Å². The van der Waals surface area contributed by atoms with Gasteiger partial charge in [-0.15, -0.1) is 0 Å². The molecule has 0 spiro atoms. The van der Waals surface area contributed by atoms with Gasteiger partial charge >= 0.3 is 0 Å². The highest BCUT2D eigenvalue weighted by atomic mass is 16.5. The van der Waals surface area contributed by atoms with Crippen LogP contribution in [0.3, 0.4) is 0 Å². The van der Waals surface area contributed by atoms with Gasteiger partial charge in [0.25, 0.3) is 0 Å². The van der Waals surface area contributed by atoms with E-state index in [4.69, 9.17) is 4.74 Å². The van der Waals surface area contributed by atoms with E-state index in [0.29, 0.717) is 5.57 Å². The van der Waals surface area contributed by atoms with Crippen LogP contribution in [-0.2, 0) is 19.4 Å². The number of anilines is 1. The van der Waals surface area contributed by atoms with Crippen molar-refractivity contribution in [2.24, 2.45) is 0 Å². The van der Waals surface area contributed by atoms with Gasteiger partial charge in [0.05, 0.1) is 18.2 Å². The molecular weight excluding hydrogens is 564 g/mol. The Kier molecular flexibility index (Phi) is 11.1. The molecular formula is C41H47N4O+. The number of aryl methyl sites for hydroxylation is 3. The fraction of sp³-hybridized carbons (Fsp3) is 0.390. The number of hydrogen-bond donors (Lipinski definition) is 0. The van der Waals surface area contributed by atoms with Crippen molar-refractivity contribution in [1.82, 2.24) is 4.98 Å². The molecule has 2 aliphatic rings. The first-order valence-electron chi connectivity index (χ1n) is 17.4. The highest BCUT2D eigenvalue weighted by molar-refractivity contribution is 5.90. The molecule has 0 fully saturated rings. The summed E-state index contributed by atoms with van der Waals surface area (Å²) in [5.41, 5.74) is 9.62. The number of allylic oxidation sites excluding steroid dienone is 1. The Morgan fingerprint density at radius 1 is 0.783 bits per heavy atom. The van der Waals surface area contributed by atoms with Crippen LogP contribution in [0, 0.1) is 11.3 Å². The van der Waals surface area contributed by atoms with Gasteiger partial charge in [-0.2, -0.15) is 5.26 Å². The lowest BCUT2D eigenvalue weighted by molar-refractivity contribution is -0.697. The van der Waals surface area contributed by atoms with Crippen LogP contribution in [0.15, 0.2) is 85.5 Å². The minimum absolute atomic E-state index is 0.705. The predicted molar refractivity (Wildman–Crippen MR) is 188 cm³/mol. The molecule has 5 heteroatoms. The normalized spacial score (nSPS) is 14.1. The highest BCUT2D eigenvalue weighted by Gasteiger charge is 2.24. The Bertz CT molecular complexity index is 1590. The third kappa shape index (κ3) is 8.43. The van der Waals surface area contributed by atoms with Gasteiger partial charge < -0.3 is 9.64 Å². The van der Waals surface area contributed by atoms with Gasteiger partial charge in [-0.25, -0.2) is 4.57 Å². The minimum atomic E-state index is 0.705. The number of ether oxygens (including phenoxy) is 1. The molecule has 0 radical (unpaired) electrons. The van der Waals surface area contributed by atoms with Crippen molar-refractivity contribution in [3.8, 4) is 22.9 Å². The molecule has 0 saturated carbocycles. The summed E-state index contributed by atoms with van der Waals surface area (Å²) in [4.78, 5) is 6.66. The molecule has 0 N–H and O–H groups in total. The second-order valence-corrected chi connectivity index (χ2v) is 12.8. The second-order valence-electron chi connectivity index (χ2n) is 12.8. The van der Waals surface area contributed by atoms with Crippen LogP contribution in [0.4, 0.5) is 5.69 Å². The molecule has 2 aromatic carbocycles. The molecule has 4 aromatic rings. The molecule has 236 valence electrons. The third-order valence-corrected chi connectivity index (χ3v) is 9.44. The summed E-state index contributed by atoms with van der Waals surface area (Å²) in [6.45, 7) is 4.18. The first kappa shape index (κ1) is 31.5. The van der Waals surface area contributed by atoms with Gasteiger partial charge in [0.15, 0.2) is 12.4 Å². The van der Waals surface area contributed by atoms with Gasteiger partial charge in [-0.3, -0.25) is 4.98 Å². The number of rotatable bonds is 15. The maximum absolute atomic E-state index is 9.96. The Balaban J connectivity index is 0.850. The molecule has 0 saturated heterocycles. The lowest BCUT2D eigenvalue weighted by Crippen LogP contribution is -2.34. The average Bonchev–Trinajstić information content (AvgIpc) is 3.11. The van der Waals surface area contributed by atoms with Gasteiger partial charge in [0.1, 0.15) is 12.3 Å². The Morgan fingerprint density at radius 3 is 2.04 bits per heavy atom. The summed E-state index contributed by atoms with van der Waals surface area (Å²) in [5, 5.41) is 9.96. The predicted octanol–water partition coefficient (Wildman–Crippen LogP) is 9.00. The van der Waals surface area contributed by atoms with E-state index in [1.807, 2.05) is 36.7 Å². The van der Waals surface area contributed by atoms with Crippen LogP contribution in [0.5, 0.6) is 5.75 Å². The van der Waals surface area contributed by atoms with Crippen molar-refractivity contribution in [3.63, 3.8) is 0 Å². The standard InChI is InChI=1S/C41H47N4O/c42-32-39(31-33-29-37-11-9-24-45-25-10-12-38(30-33)41(37)45)34-13-15-40(16-14-34)46-28-8-6-4-2-1-3-5-7-23-44-26-19-36(20-27-44)35-17-21-43-22-18-35/h13-22,26-27,29-31H,1-12,23-25,28H2/q+1/b39-31+. The topological polar surface area (TPSA) is 53.0 Å². The number of aromatic nitrogens is 2. The third-order valence-electron chi connectivity index (χ3n) is 9.44. The fourth-order valence-electron chi connectivity index (χ4n) is 6.98. The largest absolute Gasteiger partial charge is 0.494 e. The zero-order valence-corrected chi connectivity index (χ0v) is 27.2. The maximum Gasteiger partial charge on any atom is 0.169 e. The first-order valence-corrected chi connectivity index (χ1v) is 17.4. The number of pyridine rings is 2. The van der Waals surface area contributed by atoms with E-state index < -0.39 is 0 Å². The van der Waals surface area contributed by atoms with Crippen LogP contribution in [0.1, 0.15) is 86.5 Å². The van der Waals surface area contributed by atoms with Crippen molar-refractivity contribution < 1.29 is 9.30 Å². The molecule has 2 aliphatic heterocycles. The smallest absolute Gasteiger partial charge is 0.169 e. The molecule has 0 atom stereocenters. The molecule has 5 nitrogen and oxygen atoms in total. The van der Waals surface area contributed by atoms with E-state index in [1.165, 1.54) is 98.8 Å². The maximum atomic E-state index is 9.96. The summed E-state index contributed by atoms with van der Waals surface area (Å²) >= 11 is 0. The average molecular weight is 612 g/mol. The van der Waals surface area contributed by atoms with E-state index in [2.05, 4.69) is 75.4 Å². The van der Waals surface area contributed by atoms with Gasteiger partial charge in [0.2, 0.25) is 0 Å². The summed E-state index contributed by atoms with van der Waals surface area (Å²) in [6.07, 6.45) is 24.8. The molecule has 46 heavy (non-hydrogen) atoms. The number of nitrogens with zero attached hydrogens (tertiary/aromatic N) is 4. The summed E-state index contributed by atoms with van der Waals surface area (Å²) in [6, 6.07) is 23.6.